The molecule has 0 atom stereocenters. The van der Waals surface area contributed by atoms with Gasteiger partial charge >= 0.3 is 0 Å². The van der Waals surface area contributed by atoms with Crippen LogP contribution < -0.4 is 10.5 Å². The maximum Gasteiger partial charge on any atom is 0.182 e. The Hall–Kier alpha value is -1.53. The van der Waals surface area contributed by atoms with Gasteiger partial charge < -0.3 is 10.5 Å². The van der Waals surface area contributed by atoms with E-state index >= 15 is 0 Å². The van der Waals surface area contributed by atoms with Crippen LogP contribution in [0.5, 0.6) is 5.75 Å². The van der Waals surface area contributed by atoms with Crippen molar-refractivity contribution in [1.29, 1.82) is 0 Å². The fourth-order valence-corrected chi connectivity index (χ4v) is 3.56. The number of hydrogen-bond acceptors (Lipinski definition) is 4. The Labute approximate surface area is 133 Å². The minimum Gasteiger partial charge on any atom is -0.494 e. The third kappa shape index (κ3) is 3.98. The molecule has 0 amide bonds. The maximum atomic E-state index is 12.5. The van der Waals surface area contributed by atoms with Crippen molar-refractivity contribution in [2.45, 2.75) is 17.6 Å². The molecule has 0 aliphatic rings. The molecule has 2 N–H and O–H groups in total. The summed E-state index contributed by atoms with van der Waals surface area (Å²) < 4.78 is 31.2. The first-order valence-electron chi connectivity index (χ1n) is 6.42. The van der Waals surface area contributed by atoms with Crippen molar-refractivity contribution in [2.24, 2.45) is 0 Å². The summed E-state index contributed by atoms with van der Waals surface area (Å²) in [7, 11) is -3.44. The lowest BCUT2D eigenvalue weighted by molar-refractivity contribution is 0.337. The van der Waals surface area contributed by atoms with Gasteiger partial charge in [-0.25, -0.2) is 8.42 Å². The summed E-state index contributed by atoms with van der Waals surface area (Å²) in [6, 6.07) is 11.6. The fourth-order valence-electron chi connectivity index (χ4n) is 1.94. The molecule has 0 saturated heterocycles. The number of rotatable bonds is 5. The monoisotopic (exact) mass is 369 g/mol. The predicted octanol–water partition coefficient (Wildman–Crippen LogP) is 3.40. The van der Waals surface area contributed by atoms with Crippen LogP contribution in [0.3, 0.4) is 0 Å². The Morgan fingerprint density at radius 2 is 1.81 bits per heavy atom. The first-order chi connectivity index (χ1) is 9.92. The summed E-state index contributed by atoms with van der Waals surface area (Å²) in [5.74, 6) is 0.405. The highest BCUT2D eigenvalue weighted by molar-refractivity contribution is 9.10. The van der Waals surface area contributed by atoms with E-state index in [1.165, 1.54) is 0 Å². The highest BCUT2D eigenvalue weighted by atomic mass is 79.9. The van der Waals surface area contributed by atoms with E-state index in [0.29, 0.717) is 23.6 Å². The molecule has 0 fully saturated rings. The van der Waals surface area contributed by atoms with Crippen molar-refractivity contribution < 1.29 is 13.2 Å². The summed E-state index contributed by atoms with van der Waals surface area (Å²) in [6.07, 6.45) is 0. The SMILES string of the molecule is CCOc1ccc(N)cc1CS(=O)(=O)c1ccc(Br)cc1. The molecule has 112 valence electrons. The van der Waals surface area contributed by atoms with E-state index in [2.05, 4.69) is 15.9 Å². The van der Waals surface area contributed by atoms with E-state index in [1.807, 2.05) is 6.92 Å². The Bertz CT molecular complexity index is 727. The molecule has 2 aromatic carbocycles. The number of halogens is 1. The van der Waals surface area contributed by atoms with Crippen molar-refractivity contribution in [2.75, 3.05) is 12.3 Å². The molecule has 4 nitrogen and oxygen atoms in total. The number of ether oxygens (including phenoxy) is 1. The van der Waals surface area contributed by atoms with Crippen LogP contribution in [0.25, 0.3) is 0 Å². The van der Waals surface area contributed by atoms with Gasteiger partial charge in [-0.15, -0.1) is 0 Å². The van der Waals surface area contributed by atoms with Gasteiger partial charge in [-0.3, -0.25) is 0 Å². The first kappa shape index (κ1) is 15.9. The molecule has 2 rings (SSSR count). The number of anilines is 1. The summed E-state index contributed by atoms with van der Waals surface area (Å²) >= 11 is 3.29. The zero-order chi connectivity index (χ0) is 15.5. The van der Waals surface area contributed by atoms with Crippen molar-refractivity contribution in [3.05, 3.63) is 52.5 Å². The lowest BCUT2D eigenvalue weighted by Crippen LogP contribution is -2.07. The van der Waals surface area contributed by atoms with Gasteiger partial charge in [0.05, 0.1) is 17.3 Å². The van der Waals surface area contributed by atoms with Gasteiger partial charge in [0.1, 0.15) is 5.75 Å². The van der Waals surface area contributed by atoms with Gasteiger partial charge in [0.15, 0.2) is 9.84 Å². The van der Waals surface area contributed by atoms with E-state index in [1.54, 1.807) is 42.5 Å². The highest BCUT2D eigenvalue weighted by Gasteiger charge is 2.18. The van der Waals surface area contributed by atoms with Crippen molar-refractivity contribution in [3.8, 4) is 5.75 Å². The third-order valence-corrected chi connectivity index (χ3v) is 5.11. The molecule has 0 heterocycles. The van der Waals surface area contributed by atoms with Crippen molar-refractivity contribution in [3.63, 3.8) is 0 Å². The summed E-state index contributed by atoms with van der Waals surface area (Å²) in [6.45, 7) is 2.32. The average molecular weight is 370 g/mol. The second kappa shape index (κ2) is 6.49. The number of sulfone groups is 1. The summed E-state index contributed by atoms with van der Waals surface area (Å²) in [5.41, 5.74) is 6.83. The third-order valence-electron chi connectivity index (χ3n) is 2.90. The Morgan fingerprint density at radius 1 is 1.14 bits per heavy atom. The van der Waals surface area contributed by atoms with Crippen LogP contribution in [0.4, 0.5) is 5.69 Å². The average Bonchev–Trinajstić information content (AvgIpc) is 2.42. The van der Waals surface area contributed by atoms with Crippen molar-refractivity contribution >= 4 is 31.5 Å². The molecule has 0 unspecified atom stereocenters. The van der Waals surface area contributed by atoms with E-state index < -0.39 is 9.84 Å². The first-order valence-corrected chi connectivity index (χ1v) is 8.86. The quantitative estimate of drug-likeness (QED) is 0.819. The van der Waals surface area contributed by atoms with Crippen LogP contribution in [0.2, 0.25) is 0 Å². The number of nitrogens with two attached hydrogens (primary N) is 1. The molecular weight excluding hydrogens is 354 g/mol. The van der Waals surface area contributed by atoms with Gasteiger partial charge in [0.2, 0.25) is 0 Å². The molecule has 0 spiro atoms. The summed E-state index contributed by atoms with van der Waals surface area (Å²) in [4.78, 5) is 0.274. The minimum absolute atomic E-state index is 0.144. The molecule has 0 radical (unpaired) electrons. The largest absolute Gasteiger partial charge is 0.494 e. The predicted molar refractivity (Wildman–Crippen MR) is 87.1 cm³/mol. The van der Waals surface area contributed by atoms with E-state index in [4.69, 9.17) is 10.5 Å². The normalized spacial score (nSPS) is 11.3. The van der Waals surface area contributed by atoms with Crippen LogP contribution in [0.15, 0.2) is 51.8 Å². The van der Waals surface area contributed by atoms with Crippen molar-refractivity contribution in [1.82, 2.24) is 0 Å². The lowest BCUT2D eigenvalue weighted by Gasteiger charge is -2.11. The van der Waals surface area contributed by atoms with E-state index in [-0.39, 0.29) is 10.6 Å². The number of benzene rings is 2. The molecule has 0 aliphatic carbocycles. The molecule has 0 aliphatic heterocycles. The molecule has 0 saturated carbocycles. The van der Waals surface area contributed by atoms with Crippen LogP contribution in [0.1, 0.15) is 12.5 Å². The second-order valence-corrected chi connectivity index (χ2v) is 7.42. The zero-order valence-electron chi connectivity index (χ0n) is 11.5. The molecule has 2 aromatic rings. The van der Waals surface area contributed by atoms with Gasteiger partial charge in [-0.05, 0) is 49.4 Å². The summed E-state index contributed by atoms with van der Waals surface area (Å²) in [5, 5.41) is 0. The number of hydrogen-bond donors (Lipinski definition) is 1. The smallest absolute Gasteiger partial charge is 0.182 e. The Balaban J connectivity index is 2.36. The molecule has 0 aromatic heterocycles. The minimum atomic E-state index is -3.44. The van der Waals surface area contributed by atoms with Gasteiger partial charge in [0.25, 0.3) is 0 Å². The Kier molecular flexibility index (Phi) is 4.90. The lowest BCUT2D eigenvalue weighted by atomic mass is 10.2. The van der Waals surface area contributed by atoms with Gasteiger partial charge in [-0.2, -0.15) is 0 Å². The van der Waals surface area contributed by atoms with Gasteiger partial charge in [0, 0.05) is 15.7 Å². The highest BCUT2D eigenvalue weighted by Crippen LogP contribution is 2.26. The zero-order valence-corrected chi connectivity index (χ0v) is 13.9. The maximum absolute atomic E-state index is 12.5. The molecular formula is C15H16BrNO3S. The topological polar surface area (TPSA) is 69.4 Å². The van der Waals surface area contributed by atoms with Crippen LogP contribution in [-0.4, -0.2) is 15.0 Å². The van der Waals surface area contributed by atoms with Crippen LogP contribution >= 0.6 is 15.9 Å². The number of nitrogen functional groups attached to an aromatic ring is 1. The second-order valence-electron chi connectivity index (χ2n) is 4.51. The molecule has 6 heteroatoms. The standard InChI is InChI=1S/C15H16BrNO3S/c1-2-20-15-8-5-13(17)9-11(15)10-21(18,19)14-6-3-12(16)4-7-14/h3-9H,2,10,17H2,1H3. The molecule has 0 bridgehead atoms. The Morgan fingerprint density at radius 3 is 2.43 bits per heavy atom. The van der Waals surface area contributed by atoms with E-state index in [9.17, 15) is 8.42 Å². The fraction of sp³-hybridized carbons (Fsp3) is 0.200. The molecule has 21 heavy (non-hydrogen) atoms. The van der Waals surface area contributed by atoms with Crippen LogP contribution in [0, 0.1) is 0 Å². The van der Waals surface area contributed by atoms with Crippen LogP contribution in [-0.2, 0) is 15.6 Å². The van der Waals surface area contributed by atoms with Gasteiger partial charge in [-0.1, -0.05) is 15.9 Å². The van der Waals surface area contributed by atoms with E-state index in [0.717, 1.165) is 4.47 Å².